The summed E-state index contributed by atoms with van der Waals surface area (Å²) >= 11 is 3.66. The molecule has 4 fully saturated rings. The predicted molar refractivity (Wildman–Crippen MR) is 129 cm³/mol. The summed E-state index contributed by atoms with van der Waals surface area (Å²) in [5.74, 6) is 1.99. The van der Waals surface area contributed by atoms with Crippen LogP contribution < -0.4 is 5.32 Å². The smallest absolute Gasteiger partial charge is 0.225 e. The van der Waals surface area contributed by atoms with Crippen molar-refractivity contribution in [2.75, 3.05) is 13.1 Å². The van der Waals surface area contributed by atoms with Crippen molar-refractivity contribution in [3.63, 3.8) is 0 Å². The molecule has 2 aromatic rings. The van der Waals surface area contributed by atoms with Gasteiger partial charge in [-0.15, -0.1) is 22.7 Å². The van der Waals surface area contributed by atoms with E-state index in [9.17, 15) is 4.79 Å². The maximum Gasteiger partial charge on any atom is 0.225 e. The van der Waals surface area contributed by atoms with Crippen LogP contribution >= 0.6 is 22.7 Å². The Morgan fingerprint density at radius 3 is 2.72 bits per heavy atom. The number of aromatic nitrogens is 2. The van der Waals surface area contributed by atoms with Gasteiger partial charge in [0.1, 0.15) is 0 Å². The molecular weight excluding hydrogens is 436 g/mol. The van der Waals surface area contributed by atoms with E-state index < -0.39 is 0 Å². The molecule has 4 saturated carbocycles. The van der Waals surface area contributed by atoms with E-state index in [1.807, 2.05) is 24.5 Å². The van der Waals surface area contributed by atoms with E-state index in [0.717, 1.165) is 41.1 Å². The molecule has 4 aliphatic carbocycles. The first kappa shape index (κ1) is 21.2. The van der Waals surface area contributed by atoms with E-state index in [2.05, 4.69) is 15.2 Å². The zero-order valence-electron chi connectivity index (χ0n) is 19.1. The number of amides is 1. The fraction of sp³-hybridized carbons (Fsp3) is 0.720. The maximum absolute atomic E-state index is 12.3. The maximum atomic E-state index is 12.3. The van der Waals surface area contributed by atoms with Gasteiger partial charge in [0.2, 0.25) is 5.91 Å². The number of carbonyl (C=O) groups excluding carboxylic acids is 1. The van der Waals surface area contributed by atoms with Crippen LogP contribution in [0.2, 0.25) is 0 Å². The Morgan fingerprint density at radius 2 is 2.03 bits per heavy atom. The van der Waals surface area contributed by atoms with Crippen LogP contribution in [0.5, 0.6) is 0 Å². The van der Waals surface area contributed by atoms with Gasteiger partial charge in [0.05, 0.1) is 22.1 Å². The van der Waals surface area contributed by atoms with Crippen molar-refractivity contribution in [3.05, 3.63) is 31.7 Å². The third-order valence-corrected chi connectivity index (χ3v) is 10.7. The van der Waals surface area contributed by atoms with Crippen molar-refractivity contribution in [1.82, 2.24) is 20.2 Å². The molecule has 1 N–H and O–H groups in total. The quantitative estimate of drug-likeness (QED) is 0.641. The van der Waals surface area contributed by atoms with E-state index in [1.54, 1.807) is 16.2 Å². The van der Waals surface area contributed by atoms with Gasteiger partial charge in [0.25, 0.3) is 0 Å². The molecule has 172 valence electrons. The Morgan fingerprint density at radius 1 is 1.22 bits per heavy atom. The lowest BCUT2D eigenvalue weighted by Crippen LogP contribution is -2.55. The van der Waals surface area contributed by atoms with Crippen molar-refractivity contribution in [3.8, 4) is 0 Å². The van der Waals surface area contributed by atoms with Crippen molar-refractivity contribution in [1.29, 1.82) is 0 Å². The lowest BCUT2D eigenvalue weighted by atomic mass is 9.45. The molecule has 0 spiro atoms. The van der Waals surface area contributed by atoms with Crippen molar-refractivity contribution >= 4 is 28.6 Å². The van der Waals surface area contributed by atoms with E-state index in [1.165, 1.54) is 68.7 Å². The number of fused-ring (bicyclic) bond motifs is 1. The van der Waals surface area contributed by atoms with Crippen LogP contribution in [0.1, 0.15) is 76.8 Å². The number of hydrogen-bond acceptors (Lipinski definition) is 6. The van der Waals surface area contributed by atoms with E-state index in [0.29, 0.717) is 17.9 Å². The molecule has 5 aliphatic rings. The summed E-state index contributed by atoms with van der Waals surface area (Å²) in [4.78, 5) is 27.0. The number of nitrogens with one attached hydrogen (secondary N) is 1. The lowest BCUT2D eigenvalue weighted by molar-refractivity contribution is -0.121. The molecule has 0 radical (unpaired) electrons. The van der Waals surface area contributed by atoms with Crippen molar-refractivity contribution in [2.45, 2.75) is 89.1 Å². The summed E-state index contributed by atoms with van der Waals surface area (Å²) < 4.78 is 0. The Labute approximate surface area is 199 Å². The highest BCUT2D eigenvalue weighted by Gasteiger charge is 2.59. The standard InChI is InChI=1S/C25H34N4OS2/c1-16-26-14-20(31-16)10-23(30)27-19-4-2-17(3-5-19)6-8-29-9-7-22-21(15-29)28-24(32-22)25-11-18(12-25)13-25/h14,17-19H,2-13,15H2,1H3,(H,27,30)/t17-,18?,19-,25?. The van der Waals surface area contributed by atoms with Gasteiger partial charge >= 0.3 is 0 Å². The average Bonchev–Trinajstić information content (AvgIpc) is 3.30. The molecule has 0 unspecified atom stereocenters. The first-order valence-corrected chi connectivity index (χ1v) is 14.1. The highest BCUT2D eigenvalue weighted by atomic mass is 32.1. The highest BCUT2D eigenvalue weighted by molar-refractivity contribution is 7.12. The van der Waals surface area contributed by atoms with Crippen LogP contribution in [0, 0.1) is 18.8 Å². The molecule has 2 bridgehead atoms. The van der Waals surface area contributed by atoms with Crippen LogP contribution in [0.25, 0.3) is 0 Å². The fourth-order valence-electron chi connectivity index (χ4n) is 6.30. The molecule has 7 heteroatoms. The Kier molecular flexibility index (Phi) is 5.63. The van der Waals surface area contributed by atoms with Gasteiger partial charge in [-0.3, -0.25) is 9.69 Å². The van der Waals surface area contributed by atoms with Crippen molar-refractivity contribution < 1.29 is 4.79 Å². The first-order valence-electron chi connectivity index (χ1n) is 12.5. The molecule has 0 saturated heterocycles. The molecule has 1 amide bonds. The zero-order chi connectivity index (χ0) is 21.7. The number of carbonyl (C=O) groups is 1. The second-order valence-corrected chi connectivity index (χ2v) is 13.2. The topological polar surface area (TPSA) is 58.1 Å². The van der Waals surface area contributed by atoms with E-state index >= 15 is 0 Å². The molecule has 1 aliphatic heterocycles. The van der Waals surface area contributed by atoms with Crippen LogP contribution in [-0.4, -0.2) is 39.9 Å². The van der Waals surface area contributed by atoms with Gasteiger partial charge in [-0.1, -0.05) is 0 Å². The summed E-state index contributed by atoms with van der Waals surface area (Å²) in [6, 6.07) is 0.357. The van der Waals surface area contributed by atoms with Crippen LogP contribution in [0.4, 0.5) is 0 Å². The molecule has 7 rings (SSSR count). The largest absolute Gasteiger partial charge is 0.353 e. The van der Waals surface area contributed by atoms with Gasteiger partial charge in [0, 0.05) is 40.5 Å². The summed E-state index contributed by atoms with van der Waals surface area (Å²) in [6.07, 6.45) is 13.8. The number of hydrogen-bond donors (Lipinski definition) is 1. The molecule has 0 atom stereocenters. The van der Waals surface area contributed by atoms with Gasteiger partial charge in [-0.2, -0.15) is 0 Å². The van der Waals surface area contributed by atoms with Gasteiger partial charge < -0.3 is 5.32 Å². The predicted octanol–water partition coefficient (Wildman–Crippen LogP) is 4.63. The molecule has 2 aromatic heterocycles. The minimum absolute atomic E-state index is 0.155. The zero-order valence-corrected chi connectivity index (χ0v) is 20.7. The van der Waals surface area contributed by atoms with Gasteiger partial charge in [0.15, 0.2) is 0 Å². The number of rotatable bonds is 7. The Bertz CT molecular complexity index is 973. The molecule has 3 heterocycles. The third kappa shape index (κ3) is 4.16. The normalized spacial score (nSPS) is 31.5. The molecule has 32 heavy (non-hydrogen) atoms. The number of aryl methyl sites for hydroxylation is 1. The molecule has 0 aromatic carbocycles. The van der Waals surface area contributed by atoms with E-state index in [-0.39, 0.29) is 5.91 Å². The monoisotopic (exact) mass is 470 g/mol. The SMILES string of the molecule is Cc1ncc(CC(=O)N[C@H]2CC[C@H](CCN3CCc4sc(C56CC(C5)C6)nc4C3)CC2)s1. The molecule has 5 nitrogen and oxygen atoms in total. The second kappa shape index (κ2) is 8.48. The average molecular weight is 471 g/mol. The lowest BCUT2D eigenvalue weighted by Gasteiger charge is -2.60. The summed E-state index contributed by atoms with van der Waals surface area (Å²) in [6.45, 7) is 5.45. The number of thiazole rings is 2. The van der Waals surface area contributed by atoms with Gasteiger partial charge in [-0.05, 0) is 83.1 Å². The minimum Gasteiger partial charge on any atom is -0.353 e. The fourth-order valence-corrected chi connectivity index (χ4v) is 8.37. The Hall–Kier alpha value is -1.31. The molecular formula is C25H34N4OS2. The summed E-state index contributed by atoms with van der Waals surface area (Å²) in [7, 11) is 0. The van der Waals surface area contributed by atoms with Crippen LogP contribution in [0.3, 0.4) is 0 Å². The van der Waals surface area contributed by atoms with Crippen LogP contribution in [-0.2, 0) is 29.6 Å². The Balaban J connectivity index is 0.925. The third-order valence-electron chi connectivity index (χ3n) is 8.37. The van der Waals surface area contributed by atoms with Crippen LogP contribution in [0.15, 0.2) is 6.20 Å². The first-order chi connectivity index (χ1) is 15.5. The van der Waals surface area contributed by atoms with Gasteiger partial charge in [-0.25, -0.2) is 9.97 Å². The minimum atomic E-state index is 0.155. The number of nitrogens with zero attached hydrogens (tertiary/aromatic N) is 3. The van der Waals surface area contributed by atoms with E-state index in [4.69, 9.17) is 4.98 Å². The summed E-state index contributed by atoms with van der Waals surface area (Å²) in [5.41, 5.74) is 1.91. The van der Waals surface area contributed by atoms with Crippen molar-refractivity contribution in [2.24, 2.45) is 11.8 Å². The highest BCUT2D eigenvalue weighted by Crippen LogP contribution is 2.65. The summed E-state index contributed by atoms with van der Waals surface area (Å²) in [5, 5.41) is 5.76. The second-order valence-electron chi connectivity index (χ2n) is 10.8.